The van der Waals surface area contributed by atoms with Crippen molar-refractivity contribution in [3.63, 3.8) is 0 Å². The van der Waals surface area contributed by atoms with Crippen molar-refractivity contribution >= 4 is 35.1 Å². The minimum Gasteiger partial charge on any atom is -0.489 e. The fourth-order valence-corrected chi connectivity index (χ4v) is 4.16. The number of benzene rings is 2. The van der Waals surface area contributed by atoms with E-state index in [9.17, 15) is 14.3 Å². The van der Waals surface area contributed by atoms with Crippen LogP contribution in [-0.4, -0.2) is 77.3 Å². The lowest BCUT2D eigenvalue weighted by Gasteiger charge is -2.32. The van der Waals surface area contributed by atoms with Crippen molar-refractivity contribution in [1.29, 1.82) is 0 Å². The highest BCUT2D eigenvalue weighted by atomic mass is 35.5. The van der Waals surface area contributed by atoms with Crippen LogP contribution in [0.25, 0.3) is 0 Å². The molecule has 37 heavy (non-hydrogen) atoms. The number of carboxylic acid groups (broad SMARTS) is 1. The molecule has 11 heteroatoms. The Morgan fingerprint density at radius 2 is 1.97 bits per heavy atom. The van der Waals surface area contributed by atoms with Gasteiger partial charge in [0.25, 0.3) is 0 Å². The van der Waals surface area contributed by atoms with Crippen LogP contribution in [0.4, 0.5) is 26.6 Å². The van der Waals surface area contributed by atoms with Crippen LogP contribution in [0.15, 0.2) is 48.7 Å². The summed E-state index contributed by atoms with van der Waals surface area (Å²) in [5.74, 6) is -0.0326. The minimum atomic E-state index is -1.17. The smallest absolute Gasteiger partial charge is 0.413 e. The topological polar surface area (TPSA) is 94.1 Å². The van der Waals surface area contributed by atoms with Gasteiger partial charge in [-0.2, -0.15) is 4.98 Å². The second-order valence-electron chi connectivity index (χ2n) is 8.94. The van der Waals surface area contributed by atoms with Gasteiger partial charge < -0.3 is 20.1 Å². The number of hydrogen-bond acceptors (Lipinski definition) is 7. The molecular weight excluding hydrogens is 499 g/mol. The van der Waals surface area contributed by atoms with E-state index in [4.69, 9.17) is 16.3 Å². The minimum absolute atomic E-state index is 0.0625. The van der Waals surface area contributed by atoms with Crippen LogP contribution in [0.1, 0.15) is 11.1 Å². The third-order valence-electron chi connectivity index (χ3n) is 6.24. The Labute approximate surface area is 220 Å². The molecule has 1 aliphatic heterocycles. The van der Waals surface area contributed by atoms with Gasteiger partial charge in [0.1, 0.15) is 12.4 Å². The fraction of sp³-hybridized carbons (Fsp3) is 0.346. The van der Waals surface area contributed by atoms with Gasteiger partial charge in [0, 0.05) is 55.7 Å². The molecule has 4 rings (SSSR count). The lowest BCUT2D eigenvalue weighted by molar-refractivity contribution is 0.132. The van der Waals surface area contributed by atoms with Crippen molar-refractivity contribution in [2.24, 2.45) is 0 Å². The summed E-state index contributed by atoms with van der Waals surface area (Å²) in [6, 6.07) is 11.3. The van der Waals surface area contributed by atoms with Gasteiger partial charge in [-0.05, 0) is 55.4 Å². The number of ether oxygens (including phenoxy) is 1. The first kappa shape index (κ1) is 26.6. The molecule has 0 atom stereocenters. The van der Waals surface area contributed by atoms with E-state index in [-0.39, 0.29) is 24.1 Å². The summed E-state index contributed by atoms with van der Waals surface area (Å²) in [6.07, 6.45) is 0.269. The Hall–Kier alpha value is -3.47. The molecule has 2 N–H and O–H groups in total. The standard InChI is InChI=1S/C26H30ClFN6O3/c1-18-3-4-20(27)15-19(18)17-34(26(35)36)24-7-8-29-25(31-24)30-21-5-6-23(22(28)16-21)37-14-13-33-11-9-32(2)10-12-33/h3-8,15-16H,9-14,17H2,1-2H3,(H,35,36)(H,29,30,31). The van der Waals surface area contributed by atoms with Crippen LogP contribution in [-0.2, 0) is 6.54 Å². The maximum absolute atomic E-state index is 14.7. The first-order chi connectivity index (χ1) is 17.8. The number of nitrogens with zero attached hydrogens (tertiary/aromatic N) is 5. The van der Waals surface area contributed by atoms with E-state index in [0.29, 0.717) is 17.3 Å². The number of hydrogen-bond donors (Lipinski definition) is 2. The van der Waals surface area contributed by atoms with Gasteiger partial charge in [-0.25, -0.2) is 14.2 Å². The predicted molar refractivity (Wildman–Crippen MR) is 142 cm³/mol. The lowest BCUT2D eigenvalue weighted by Crippen LogP contribution is -2.45. The Morgan fingerprint density at radius 1 is 1.19 bits per heavy atom. The van der Waals surface area contributed by atoms with Crippen molar-refractivity contribution in [3.8, 4) is 5.75 Å². The first-order valence-electron chi connectivity index (χ1n) is 12.0. The van der Waals surface area contributed by atoms with Crippen molar-refractivity contribution < 1.29 is 19.0 Å². The summed E-state index contributed by atoms with van der Waals surface area (Å²) in [6.45, 7) is 7.06. The Balaban J connectivity index is 1.39. The van der Waals surface area contributed by atoms with Crippen LogP contribution in [0.2, 0.25) is 5.02 Å². The molecule has 1 amide bonds. The second-order valence-corrected chi connectivity index (χ2v) is 9.38. The van der Waals surface area contributed by atoms with E-state index in [1.54, 1.807) is 24.3 Å². The summed E-state index contributed by atoms with van der Waals surface area (Å²) in [5.41, 5.74) is 2.08. The number of likely N-dealkylation sites (N-methyl/N-ethyl adjacent to an activating group) is 1. The molecule has 2 heterocycles. The van der Waals surface area contributed by atoms with Crippen molar-refractivity contribution in [2.75, 3.05) is 56.6 Å². The number of amides is 1. The summed E-state index contributed by atoms with van der Waals surface area (Å²) in [7, 11) is 2.10. The van der Waals surface area contributed by atoms with Gasteiger partial charge in [0.05, 0.1) is 6.54 Å². The highest BCUT2D eigenvalue weighted by Gasteiger charge is 2.19. The van der Waals surface area contributed by atoms with Crippen LogP contribution in [0, 0.1) is 12.7 Å². The molecular formula is C26H30ClFN6O3. The Bertz CT molecular complexity index is 1240. The van der Waals surface area contributed by atoms with Crippen LogP contribution in [0.5, 0.6) is 5.75 Å². The monoisotopic (exact) mass is 528 g/mol. The molecule has 196 valence electrons. The van der Waals surface area contributed by atoms with Gasteiger partial charge in [0.15, 0.2) is 11.6 Å². The third kappa shape index (κ3) is 7.28. The Kier molecular flexibility index (Phi) is 8.75. The highest BCUT2D eigenvalue weighted by molar-refractivity contribution is 6.30. The molecule has 0 bridgehead atoms. The number of aryl methyl sites for hydroxylation is 1. The Morgan fingerprint density at radius 3 is 2.70 bits per heavy atom. The van der Waals surface area contributed by atoms with E-state index in [1.807, 2.05) is 13.0 Å². The maximum atomic E-state index is 14.7. The molecule has 2 aromatic carbocycles. The largest absolute Gasteiger partial charge is 0.489 e. The molecule has 0 saturated carbocycles. The van der Waals surface area contributed by atoms with E-state index in [0.717, 1.165) is 48.8 Å². The quantitative estimate of drug-likeness (QED) is 0.415. The number of rotatable bonds is 9. The number of carbonyl (C=O) groups is 1. The van der Waals surface area contributed by atoms with Crippen LogP contribution >= 0.6 is 11.6 Å². The number of halogens is 2. The average Bonchev–Trinajstić information content (AvgIpc) is 2.87. The lowest BCUT2D eigenvalue weighted by atomic mass is 10.1. The van der Waals surface area contributed by atoms with E-state index in [1.165, 1.54) is 18.3 Å². The van der Waals surface area contributed by atoms with Crippen molar-refractivity contribution in [2.45, 2.75) is 13.5 Å². The molecule has 3 aromatic rings. The van der Waals surface area contributed by atoms with E-state index in [2.05, 4.69) is 32.1 Å². The van der Waals surface area contributed by atoms with Crippen LogP contribution < -0.4 is 15.0 Å². The molecule has 1 aromatic heterocycles. The van der Waals surface area contributed by atoms with Gasteiger partial charge in [-0.15, -0.1) is 0 Å². The number of aromatic nitrogens is 2. The molecule has 1 fully saturated rings. The van der Waals surface area contributed by atoms with Crippen LogP contribution in [0.3, 0.4) is 0 Å². The second kappa shape index (κ2) is 12.2. The summed E-state index contributed by atoms with van der Waals surface area (Å²) >= 11 is 6.09. The molecule has 0 unspecified atom stereocenters. The summed E-state index contributed by atoms with van der Waals surface area (Å²) in [4.78, 5) is 26.1. The van der Waals surface area contributed by atoms with E-state index < -0.39 is 11.9 Å². The SMILES string of the molecule is Cc1ccc(Cl)cc1CN(C(=O)O)c1ccnc(Nc2ccc(OCCN3CCN(C)CC3)c(F)c2)n1. The van der Waals surface area contributed by atoms with Gasteiger partial charge >= 0.3 is 6.09 Å². The number of piperazine rings is 1. The zero-order valence-corrected chi connectivity index (χ0v) is 21.6. The number of nitrogens with one attached hydrogen (secondary N) is 1. The molecule has 0 spiro atoms. The summed E-state index contributed by atoms with van der Waals surface area (Å²) < 4.78 is 20.3. The fourth-order valence-electron chi connectivity index (χ4n) is 3.97. The van der Waals surface area contributed by atoms with Gasteiger partial charge in [-0.3, -0.25) is 9.80 Å². The van der Waals surface area contributed by atoms with Crippen molar-refractivity contribution in [3.05, 3.63) is 70.6 Å². The van der Waals surface area contributed by atoms with Crippen molar-refractivity contribution in [1.82, 2.24) is 19.8 Å². The number of anilines is 3. The maximum Gasteiger partial charge on any atom is 0.413 e. The zero-order chi connectivity index (χ0) is 26.4. The van der Waals surface area contributed by atoms with Gasteiger partial charge in [0.2, 0.25) is 5.95 Å². The normalized spacial score (nSPS) is 14.4. The average molecular weight is 529 g/mol. The first-order valence-corrected chi connectivity index (χ1v) is 12.3. The molecule has 0 radical (unpaired) electrons. The molecule has 9 nitrogen and oxygen atoms in total. The summed E-state index contributed by atoms with van der Waals surface area (Å²) in [5, 5.41) is 13.3. The zero-order valence-electron chi connectivity index (χ0n) is 20.8. The third-order valence-corrected chi connectivity index (χ3v) is 6.47. The molecule has 1 aliphatic rings. The van der Waals surface area contributed by atoms with Gasteiger partial charge in [-0.1, -0.05) is 17.7 Å². The highest BCUT2D eigenvalue weighted by Crippen LogP contribution is 2.25. The molecule has 0 aliphatic carbocycles. The predicted octanol–water partition coefficient (Wildman–Crippen LogP) is 4.63. The van der Waals surface area contributed by atoms with E-state index >= 15 is 0 Å². The molecule has 1 saturated heterocycles.